The zero-order valence-electron chi connectivity index (χ0n) is 36.0. The molecule has 0 aliphatic carbocycles. The van der Waals surface area contributed by atoms with Crippen LogP contribution >= 0.6 is 0 Å². The lowest BCUT2D eigenvalue weighted by molar-refractivity contribution is 1.28. The number of hydrogen-bond acceptors (Lipinski definition) is 3. The third-order valence-corrected chi connectivity index (χ3v) is 13.0. The Kier molecular flexibility index (Phi) is 9.55. The summed E-state index contributed by atoms with van der Waals surface area (Å²) in [7, 11) is 0. The molecule has 66 heavy (non-hydrogen) atoms. The summed E-state index contributed by atoms with van der Waals surface area (Å²) in [6.07, 6.45) is 0. The molecule has 0 aliphatic heterocycles. The molecule has 0 unspecified atom stereocenters. The van der Waals surface area contributed by atoms with Gasteiger partial charge in [-0.25, -0.2) is 0 Å². The second kappa shape index (κ2) is 16.3. The molecular weight excluding hydrogens is 799 g/mol. The second-order valence-corrected chi connectivity index (χ2v) is 16.8. The molecule has 0 spiro atoms. The van der Waals surface area contributed by atoms with E-state index in [2.05, 4.69) is 240 Å². The molecule has 3 nitrogen and oxygen atoms in total. The lowest BCUT2D eigenvalue weighted by Gasteiger charge is -2.26. The lowest BCUT2D eigenvalue weighted by atomic mass is 9.86. The second-order valence-electron chi connectivity index (χ2n) is 16.8. The van der Waals surface area contributed by atoms with Crippen molar-refractivity contribution in [3.63, 3.8) is 0 Å². The van der Waals surface area contributed by atoms with Gasteiger partial charge in [-0.05, 0) is 173 Å². The molecule has 0 radical (unpaired) electrons. The third-order valence-electron chi connectivity index (χ3n) is 13.0. The van der Waals surface area contributed by atoms with Crippen molar-refractivity contribution in [1.82, 2.24) is 0 Å². The van der Waals surface area contributed by atoms with Crippen LogP contribution in [0.2, 0.25) is 0 Å². The van der Waals surface area contributed by atoms with Gasteiger partial charge < -0.3 is 9.80 Å². The monoisotopic (exact) mass is 839 g/mol. The molecule has 0 amide bonds. The van der Waals surface area contributed by atoms with E-state index in [1.807, 2.05) is 24.3 Å². The number of nitriles is 1. The summed E-state index contributed by atoms with van der Waals surface area (Å²) in [6, 6.07) is 91.3. The molecule has 0 aromatic heterocycles. The Bertz CT molecular complexity index is 3760. The molecule has 0 saturated heterocycles. The summed E-state index contributed by atoms with van der Waals surface area (Å²) in [5.74, 6) is 0. The van der Waals surface area contributed by atoms with Gasteiger partial charge in [-0.1, -0.05) is 152 Å². The number of nitrogens with zero attached hydrogens (tertiary/aromatic N) is 3. The molecular formula is C63H41N3. The smallest absolute Gasteiger partial charge is 0.0991 e. The molecule has 0 aliphatic rings. The average Bonchev–Trinajstić information content (AvgIpc) is 3.39. The van der Waals surface area contributed by atoms with Gasteiger partial charge in [0.05, 0.1) is 11.6 Å². The molecule has 0 atom stereocenters. The summed E-state index contributed by atoms with van der Waals surface area (Å²) in [6.45, 7) is 0. The number of para-hydroxylation sites is 2. The zero-order chi connectivity index (χ0) is 44.0. The fraction of sp³-hybridized carbons (Fsp3) is 0. The quantitative estimate of drug-likeness (QED) is 0.143. The Balaban J connectivity index is 0.959. The van der Waals surface area contributed by atoms with Crippen molar-refractivity contribution < 1.29 is 0 Å². The van der Waals surface area contributed by atoms with E-state index in [1.54, 1.807) is 0 Å². The molecule has 12 rings (SSSR count). The van der Waals surface area contributed by atoms with Crippen LogP contribution in [0, 0.1) is 11.3 Å². The molecule has 12 aromatic rings. The Morgan fingerprint density at radius 2 is 0.727 bits per heavy atom. The van der Waals surface area contributed by atoms with Crippen molar-refractivity contribution in [3.05, 3.63) is 254 Å². The Labute approximate surface area is 383 Å². The molecule has 0 fully saturated rings. The molecule has 12 aromatic carbocycles. The number of anilines is 6. The minimum atomic E-state index is 0.637. The van der Waals surface area contributed by atoms with E-state index in [4.69, 9.17) is 0 Å². The van der Waals surface area contributed by atoms with Crippen molar-refractivity contribution in [1.29, 1.82) is 5.26 Å². The first-order valence-electron chi connectivity index (χ1n) is 22.4. The van der Waals surface area contributed by atoms with Gasteiger partial charge in [0.25, 0.3) is 0 Å². The first-order chi connectivity index (χ1) is 32.7. The maximum Gasteiger partial charge on any atom is 0.0991 e. The minimum absolute atomic E-state index is 0.637. The normalized spacial score (nSPS) is 11.3. The standard InChI is InChI=1S/C63H41N3/c64-42-43-23-31-51(32-24-43)66(54-37-27-44-13-7-8-14-47(44)39-54)53-33-25-45(26-34-53)48-30-38-59-61(40-48)55-19-9-10-20-56(55)62-41-60(57-21-11-12-22-58(57)63(59)62)46-28-35-52(36-29-46)65(49-15-3-1-4-16-49)50-17-5-2-6-18-50/h1-41H. The molecule has 3 heteroatoms. The highest BCUT2D eigenvalue weighted by Gasteiger charge is 2.18. The fourth-order valence-corrected chi connectivity index (χ4v) is 9.88. The van der Waals surface area contributed by atoms with Crippen LogP contribution in [0.3, 0.4) is 0 Å². The minimum Gasteiger partial charge on any atom is -0.311 e. The van der Waals surface area contributed by atoms with Gasteiger partial charge in [0.15, 0.2) is 0 Å². The first kappa shape index (κ1) is 38.7. The Hall–Kier alpha value is -8.97. The number of hydrogen-bond donors (Lipinski definition) is 0. The van der Waals surface area contributed by atoms with Crippen LogP contribution in [0.15, 0.2) is 249 Å². The third kappa shape index (κ3) is 6.77. The predicted molar refractivity (Wildman–Crippen MR) is 279 cm³/mol. The molecule has 308 valence electrons. The van der Waals surface area contributed by atoms with E-state index in [-0.39, 0.29) is 0 Å². The highest BCUT2D eigenvalue weighted by atomic mass is 15.1. The molecule has 0 heterocycles. The van der Waals surface area contributed by atoms with E-state index in [0.717, 1.165) is 45.3 Å². The van der Waals surface area contributed by atoms with Gasteiger partial charge in [-0.3, -0.25) is 0 Å². The summed E-state index contributed by atoms with van der Waals surface area (Å²) < 4.78 is 0. The molecule has 0 N–H and O–H groups in total. The van der Waals surface area contributed by atoms with Crippen molar-refractivity contribution in [3.8, 4) is 28.3 Å². The fourth-order valence-electron chi connectivity index (χ4n) is 9.88. The van der Waals surface area contributed by atoms with Crippen LogP contribution in [0.1, 0.15) is 5.56 Å². The van der Waals surface area contributed by atoms with Crippen molar-refractivity contribution in [2.75, 3.05) is 9.80 Å². The average molecular weight is 840 g/mol. The lowest BCUT2D eigenvalue weighted by Crippen LogP contribution is -2.09. The van der Waals surface area contributed by atoms with E-state index < -0.39 is 0 Å². The molecule has 0 bridgehead atoms. The van der Waals surface area contributed by atoms with E-state index in [1.165, 1.54) is 65.0 Å². The maximum atomic E-state index is 9.55. The van der Waals surface area contributed by atoms with Crippen LogP contribution in [0.4, 0.5) is 34.1 Å². The Morgan fingerprint density at radius 1 is 0.273 bits per heavy atom. The van der Waals surface area contributed by atoms with Gasteiger partial charge >= 0.3 is 0 Å². The van der Waals surface area contributed by atoms with Crippen molar-refractivity contribution in [2.24, 2.45) is 0 Å². The van der Waals surface area contributed by atoms with Gasteiger partial charge in [-0.15, -0.1) is 0 Å². The van der Waals surface area contributed by atoms with E-state index >= 15 is 0 Å². The molecule has 0 saturated carbocycles. The number of benzene rings is 12. The van der Waals surface area contributed by atoms with E-state index in [9.17, 15) is 5.26 Å². The van der Waals surface area contributed by atoms with Crippen molar-refractivity contribution in [2.45, 2.75) is 0 Å². The van der Waals surface area contributed by atoms with Gasteiger partial charge in [-0.2, -0.15) is 5.26 Å². The Morgan fingerprint density at radius 3 is 1.36 bits per heavy atom. The summed E-state index contributed by atoms with van der Waals surface area (Å²) in [4.78, 5) is 4.57. The van der Waals surface area contributed by atoms with Crippen LogP contribution in [0.25, 0.3) is 76.1 Å². The SMILES string of the molecule is N#Cc1ccc(N(c2ccc(-c3ccc4c(c3)c3ccccc3c3cc(-c5ccc(N(c6ccccc6)c6ccccc6)cc5)c5ccccc5c43)cc2)c2ccc3ccccc3c2)cc1. The van der Waals surface area contributed by atoms with Gasteiger partial charge in [0.2, 0.25) is 0 Å². The van der Waals surface area contributed by atoms with Crippen LogP contribution in [-0.2, 0) is 0 Å². The first-order valence-corrected chi connectivity index (χ1v) is 22.4. The highest BCUT2D eigenvalue weighted by molar-refractivity contribution is 6.33. The topological polar surface area (TPSA) is 30.3 Å². The largest absolute Gasteiger partial charge is 0.311 e. The van der Waals surface area contributed by atoms with Gasteiger partial charge in [0.1, 0.15) is 0 Å². The number of fused-ring (bicyclic) bond motifs is 9. The summed E-state index contributed by atoms with van der Waals surface area (Å²) >= 11 is 0. The highest BCUT2D eigenvalue weighted by Crippen LogP contribution is 2.45. The van der Waals surface area contributed by atoms with E-state index in [0.29, 0.717) is 5.56 Å². The predicted octanol–water partition coefficient (Wildman–Crippen LogP) is 17.6. The van der Waals surface area contributed by atoms with Gasteiger partial charge in [0, 0.05) is 34.1 Å². The summed E-state index contributed by atoms with van der Waals surface area (Å²) in [5, 5.41) is 21.9. The maximum absolute atomic E-state index is 9.55. The van der Waals surface area contributed by atoms with Crippen molar-refractivity contribution >= 4 is 88.0 Å². The zero-order valence-corrected chi connectivity index (χ0v) is 36.0. The summed E-state index contributed by atoms with van der Waals surface area (Å²) in [5.41, 5.74) is 11.8. The van der Waals surface area contributed by atoms with Crippen LogP contribution in [0.5, 0.6) is 0 Å². The number of rotatable bonds is 8. The van der Waals surface area contributed by atoms with Crippen LogP contribution in [-0.4, -0.2) is 0 Å². The van der Waals surface area contributed by atoms with Crippen LogP contribution < -0.4 is 9.80 Å².